The number of amides is 1. The second-order valence-electron chi connectivity index (χ2n) is 4.70. The maximum absolute atomic E-state index is 12.2. The molecular formula is C12H15N3O5S. The Morgan fingerprint density at radius 2 is 2.00 bits per heavy atom. The first-order valence-corrected chi connectivity index (χ1v) is 7.87. The van der Waals surface area contributed by atoms with Gasteiger partial charge in [-0.15, -0.1) is 0 Å². The van der Waals surface area contributed by atoms with E-state index in [1.54, 1.807) is 13.8 Å². The normalized spacial score (nSPS) is 13.1. The van der Waals surface area contributed by atoms with Gasteiger partial charge in [0.05, 0.1) is 5.69 Å². The van der Waals surface area contributed by atoms with Crippen molar-refractivity contribution in [1.82, 2.24) is 10.3 Å². The van der Waals surface area contributed by atoms with Crippen LogP contribution in [-0.2, 0) is 20.4 Å². The lowest BCUT2D eigenvalue weighted by atomic mass is 10.4. The zero-order valence-electron chi connectivity index (χ0n) is 11.8. The highest BCUT2D eigenvalue weighted by atomic mass is 32.2. The molecule has 1 amide bonds. The van der Waals surface area contributed by atoms with Gasteiger partial charge in [0.25, 0.3) is 0 Å². The van der Waals surface area contributed by atoms with Crippen molar-refractivity contribution in [3.63, 3.8) is 0 Å². The van der Waals surface area contributed by atoms with E-state index in [1.807, 2.05) is 0 Å². The number of nitrogens with one attached hydrogen (secondary N) is 1. The molecule has 0 aliphatic heterocycles. The summed E-state index contributed by atoms with van der Waals surface area (Å²) < 4.78 is 34.0. The second-order valence-corrected chi connectivity index (χ2v) is 7.02. The Bertz CT molecular complexity index is 747. The highest BCUT2D eigenvalue weighted by molar-refractivity contribution is 7.92. The Labute approximate surface area is 121 Å². The van der Waals surface area contributed by atoms with E-state index in [4.69, 9.17) is 9.05 Å². The van der Waals surface area contributed by atoms with Crippen molar-refractivity contribution in [2.24, 2.45) is 0 Å². The molecule has 9 heteroatoms. The summed E-state index contributed by atoms with van der Waals surface area (Å²) in [6.07, 6.45) is 0. The zero-order valence-corrected chi connectivity index (χ0v) is 12.6. The fourth-order valence-corrected chi connectivity index (χ4v) is 2.79. The molecule has 2 rings (SSSR count). The van der Waals surface area contributed by atoms with E-state index in [0.717, 1.165) is 0 Å². The number of hydrogen-bond acceptors (Lipinski definition) is 7. The molecule has 2 aromatic rings. The third-order valence-corrected chi connectivity index (χ3v) is 4.79. The molecule has 1 unspecified atom stereocenters. The molecule has 0 fully saturated rings. The van der Waals surface area contributed by atoms with Crippen LogP contribution in [0.15, 0.2) is 21.2 Å². The number of carbonyl (C=O) groups is 1. The number of aromatic nitrogens is 2. The Morgan fingerprint density at radius 3 is 2.52 bits per heavy atom. The largest absolute Gasteiger partial charge is 0.360 e. The molecule has 2 heterocycles. The lowest BCUT2D eigenvalue weighted by Gasteiger charge is -2.10. The first-order valence-electron chi connectivity index (χ1n) is 6.16. The minimum Gasteiger partial charge on any atom is -0.360 e. The fourth-order valence-electron chi connectivity index (χ4n) is 1.62. The summed E-state index contributed by atoms with van der Waals surface area (Å²) in [5.74, 6) is -0.183. The average Bonchev–Trinajstić information content (AvgIpc) is 2.97. The van der Waals surface area contributed by atoms with E-state index in [9.17, 15) is 13.2 Å². The van der Waals surface area contributed by atoms with Crippen molar-refractivity contribution in [2.75, 3.05) is 5.32 Å². The van der Waals surface area contributed by atoms with Gasteiger partial charge in [0, 0.05) is 12.1 Å². The molecule has 0 saturated heterocycles. The van der Waals surface area contributed by atoms with Gasteiger partial charge in [0.15, 0.2) is 21.4 Å². The van der Waals surface area contributed by atoms with E-state index >= 15 is 0 Å². The average molecular weight is 313 g/mol. The van der Waals surface area contributed by atoms with Crippen LogP contribution in [0.3, 0.4) is 0 Å². The van der Waals surface area contributed by atoms with Crippen LogP contribution in [0.1, 0.15) is 24.1 Å². The summed E-state index contributed by atoms with van der Waals surface area (Å²) in [4.78, 5) is 11.9. The Kier molecular flexibility index (Phi) is 4.12. The van der Waals surface area contributed by atoms with E-state index in [0.29, 0.717) is 11.5 Å². The van der Waals surface area contributed by atoms with Gasteiger partial charge in [-0.2, -0.15) is 0 Å². The molecule has 0 spiro atoms. The van der Waals surface area contributed by atoms with Gasteiger partial charge in [-0.3, -0.25) is 4.79 Å². The lowest BCUT2D eigenvalue weighted by molar-refractivity contribution is -0.115. The molecule has 0 aliphatic carbocycles. The summed E-state index contributed by atoms with van der Waals surface area (Å²) in [6.45, 7) is 4.65. The second kappa shape index (κ2) is 5.68. The summed E-state index contributed by atoms with van der Waals surface area (Å²) >= 11 is 0. The molecule has 8 nitrogen and oxygen atoms in total. The number of carbonyl (C=O) groups excluding carboxylic acids is 1. The zero-order chi connectivity index (χ0) is 15.6. The maximum atomic E-state index is 12.2. The smallest absolute Gasteiger partial charge is 0.243 e. The minimum absolute atomic E-state index is 0.176. The van der Waals surface area contributed by atoms with Gasteiger partial charge < -0.3 is 14.4 Å². The van der Waals surface area contributed by atoms with Gasteiger partial charge in [-0.1, -0.05) is 10.3 Å². The first-order chi connectivity index (χ1) is 9.78. The number of nitrogens with zero attached hydrogens (tertiary/aromatic N) is 2. The topological polar surface area (TPSA) is 115 Å². The number of aryl methyl sites for hydroxylation is 2. The van der Waals surface area contributed by atoms with Crippen molar-refractivity contribution in [3.05, 3.63) is 29.3 Å². The van der Waals surface area contributed by atoms with Gasteiger partial charge in [-0.25, -0.2) is 8.42 Å². The van der Waals surface area contributed by atoms with Crippen LogP contribution in [0.2, 0.25) is 0 Å². The van der Waals surface area contributed by atoms with Crippen molar-refractivity contribution in [2.45, 2.75) is 31.8 Å². The van der Waals surface area contributed by atoms with Gasteiger partial charge in [0.1, 0.15) is 16.8 Å². The van der Waals surface area contributed by atoms with Crippen molar-refractivity contribution < 1.29 is 22.3 Å². The summed E-state index contributed by atoms with van der Waals surface area (Å²) in [7, 11) is -3.72. The number of rotatable bonds is 5. The molecule has 0 aliphatic rings. The molecule has 0 bridgehead atoms. The summed E-state index contributed by atoms with van der Waals surface area (Å²) in [5.41, 5.74) is 0.579. The molecule has 21 heavy (non-hydrogen) atoms. The molecule has 0 saturated carbocycles. The van der Waals surface area contributed by atoms with Crippen LogP contribution < -0.4 is 5.32 Å². The molecule has 0 radical (unpaired) electrons. The van der Waals surface area contributed by atoms with Gasteiger partial charge in [0.2, 0.25) is 5.91 Å². The molecule has 114 valence electrons. The highest BCUT2D eigenvalue weighted by Gasteiger charge is 2.30. The number of hydrogen-bond donors (Lipinski definition) is 1. The third-order valence-electron chi connectivity index (χ3n) is 2.81. The molecule has 1 atom stereocenters. The van der Waals surface area contributed by atoms with Crippen LogP contribution in [0.25, 0.3) is 0 Å². The number of sulfone groups is 1. The monoisotopic (exact) mass is 313 g/mol. The molecule has 0 aromatic carbocycles. The predicted molar refractivity (Wildman–Crippen MR) is 73.2 cm³/mol. The number of anilines is 1. The predicted octanol–water partition coefficient (Wildman–Crippen LogP) is 1.22. The van der Waals surface area contributed by atoms with Gasteiger partial charge in [-0.05, 0) is 20.8 Å². The van der Waals surface area contributed by atoms with Crippen LogP contribution in [0, 0.1) is 13.8 Å². The van der Waals surface area contributed by atoms with Crippen molar-refractivity contribution in [1.29, 1.82) is 0 Å². The third kappa shape index (κ3) is 3.69. The van der Waals surface area contributed by atoms with Crippen LogP contribution in [0.5, 0.6) is 0 Å². The Balaban J connectivity index is 2.06. The summed E-state index contributed by atoms with van der Waals surface area (Å²) in [5, 5.41) is 8.33. The fraction of sp³-hybridized carbons (Fsp3) is 0.417. The van der Waals surface area contributed by atoms with Crippen LogP contribution >= 0.6 is 0 Å². The SMILES string of the molecule is Cc1cc(CS(=O)(=O)C(C)C(=O)Nc2cc(C)on2)on1. The van der Waals surface area contributed by atoms with E-state index < -0.39 is 21.0 Å². The Hall–Kier alpha value is -2.16. The van der Waals surface area contributed by atoms with E-state index in [-0.39, 0.29) is 17.3 Å². The van der Waals surface area contributed by atoms with Crippen LogP contribution in [0.4, 0.5) is 5.82 Å². The van der Waals surface area contributed by atoms with E-state index in [2.05, 4.69) is 15.6 Å². The Morgan fingerprint density at radius 1 is 1.29 bits per heavy atom. The van der Waals surface area contributed by atoms with Crippen molar-refractivity contribution >= 4 is 21.6 Å². The molecule has 1 N–H and O–H groups in total. The molecule has 2 aromatic heterocycles. The van der Waals surface area contributed by atoms with E-state index in [1.165, 1.54) is 19.1 Å². The molecular weight excluding hydrogens is 298 g/mol. The standard InChI is InChI=1S/C12H15N3O5S/c1-7-4-10(20-14-7)6-21(17,18)9(3)12(16)13-11-5-8(2)19-15-11/h4-5,9H,6H2,1-3H3,(H,13,15,16). The minimum atomic E-state index is -3.72. The van der Waals surface area contributed by atoms with Crippen molar-refractivity contribution in [3.8, 4) is 0 Å². The highest BCUT2D eigenvalue weighted by Crippen LogP contribution is 2.14. The van der Waals surface area contributed by atoms with Gasteiger partial charge >= 0.3 is 0 Å². The quantitative estimate of drug-likeness (QED) is 0.882. The lowest BCUT2D eigenvalue weighted by Crippen LogP contribution is -2.33. The van der Waals surface area contributed by atoms with Crippen LogP contribution in [-0.4, -0.2) is 29.9 Å². The summed E-state index contributed by atoms with van der Waals surface area (Å²) in [6, 6.07) is 3.01. The first kappa shape index (κ1) is 15.2. The maximum Gasteiger partial charge on any atom is 0.243 e.